The molecule has 1 amide bonds. The highest BCUT2D eigenvalue weighted by atomic mass is 32.2. The maximum absolute atomic E-state index is 11.6. The van der Waals surface area contributed by atoms with Gasteiger partial charge in [-0.25, -0.2) is 0 Å². The van der Waals surface area contributed by atoms with Gasteiger partial charge in [0, 0.05) is 18.4 Å². The number of anilines is 1. The van der Waals surface area contributed by atoms with E-state index in [0.29, 0.717) is 0 Å². The number of amides is 1. The Bertz CT molecular complexity index is 779. The average Bonchev–Trinajstić information content (AvgIpc) is 2.47. The molecule has 4 N–H and O–H groups in total. The first-order valence-electron chi connectivity index (χ1n) is 6.18. The molecule has 0 saturated carbocycles. The Morgan fingerprint density at radius 3 is 2.61 bits per heavy atom. The highest BCUT2D eigenvalue weighted by Crippen LogP contribution is 2.15. The first-order valence-corrected chi connectivity index (χ1v) is 7.62. The summed E-state index contributed by atoms with van der Waals surface area (Å²) in [6, 6.07) is 6.74. The molecule has 0 aliphatic heterocycles. The number of hydrogen-bond acceptors (Lipinski definition) is 6. The van der Waals surface area contributed by atoms with Gasteiger partial charge in [-0.05, 0) is 18.2 Å². The molecule has 0 bridgehead atoms. The number of carbonyl (C=O) groups is 2. The van der Waals surface area contributed by atoms with Crippen molar-refractivity contribution < 1.29 is 27.7 Å². The Labute approximate surface area is 132 Å². The van der Waals surface area contributed by atoms with Crippen molar-refractivity contribution in [1.29, 1.82) is 5.26 Å². The Kier molecular flexibility index (Phi) is 6.25. The van der Waals surface area contributed by atoms with E-state index in [1.165, 1.54) is 18.2 Å². The van der Waals surface area contributed by atoms with E-state index in [4.69, 9.17) is 14.9 Å². The van der Waals surface area contributed by atoms with Crippen LogP contribution in [0.3, 0.4) is 0 Å². The summed E-state index contributed by atoms with van der Waals surface area (Å²) >= 11 is 0. The van der Waals surface area contributed by atoms with Gasteiger partial charge in [0.25, 0.3) is 16.0 Å². The van der Waals surface area contributed by atoms with Crippen molar-refractivity contribution in [2.45, 2.75) is 11.3 Å². The number of carbonyl (C=O) groups excluding carboxylic acids is 1. The zero-order valence-corrected chi connectivity index (χ0v) is 12.5. The summed E-state index contributed by atoms with van der Waals surface area (Å²) in [5.74, 6) is -1.86. The zero-order valence-electron chi connectivity index (χ0n) is 11.7. The second kappa shape index (κ2) is 7.92. The van der Waals surface area contributed by atoms with E-state index in [1.54, 1.807) is 6.07 Å². The molecule has 23 heavy (non-hydrogen) atoms. The second-order valence-corrected chi connectivity index (χ2v) is 5.64. The maximum Gasteiger partial charge on any atom is 0.305 e. The van der Waals surface area contributed by atoms with Gasteiger partial charge >= 0.3 is 5.97 Å². The Balaban J connectivity index is 2.79. The van der Waals surface area contributed by atoms with Gasteiger partial charge in [-0.15, -0.1) is 0 Å². The summed E-state index contributed by atoms with van der Waals surface area (Å²) in [5, 5.41) is 22.2. The van der Waals surface area contributed by atoms with Crippen LogP contribution >= 0.6 is 0 Å². The van der Waals surface area contributed by atoms with Crippen LogP contribution in [-0.2, 0) is 19.7 Å². The first-order chi connectivity index (χ1) is 10.7. The van der Waals surface area contributed by atoms with Crippen LogP contribution in [0.15, 0.2) is 40.9 Å². The number of benzene rings is 1. The van der Waals surface area contributed by atoms with Crippen LogP contribution in [0.4, 0.5) is 5.69 Å². The molecule has 122 valence electrons. The average molecular weight is 339 g/mol. The van der Waals surface area contributed by atoms with Crippen LogP contribution in [0.25, 0.3) is 0 Å². The van der Waals surface area contributed by atoms with Crippen molar-refractivity contribution in [2.24, 2.45) is 0 Å². The standard InChI is InChI=1S/C13H13N3O6S/c14-7-9(13(19)15-5-4-12(17)18)8-16-10-2-1-3-11(6-10)23(20,21)22/h1-3,6,8,16H,4-5H2,(H,15,19)(H,17,18)(H,20,21,22)/b9-8-. The number of nitrogens with one attached hydrogen (secondary N) is 2. The summed E-state index contributed by atoms with van der Waals surface area (Å²) in [6.07, 6.45) is 0.757. The maximum atomic E-state index is 11.6. The first kappa shape index (κ1) is 18.1. The summed E-state index contributed by atoms with van der Waals surface area (Å²) in [4.78, 5) is 21.6. The predicted octanol–water partition coefficient (Wildman–Crippen LogP) is 0.344. The fraction of sp³-hybridized carbons (Fsp3) is 0.154. The lowest BCUT2D eigenvalue weighted by Crippen LogP contribution is -2.27. The van der Waals surface area contributed by atoms with E-state index in [-0.39, 0.29) is 29.1 Å². The minimum Gasteiger partial charge on any atom is -0.481 e. The number of nitrogens with zero attached hydrogens (tertiary/aromatic N) is 1. The molecule has 9 nitrogen and oxygen atoms in total. The summed E-state index contributed by atoms with van der Waals surface area (Å²) < 4.78 is 30.9. The Hall–Kier alpha value is -2.90. The largest absolute Gasteiger partial charge is 0.481 e. The van der Waals surface area contributed by atoms with E-state index >= 15 is 0 Å². The lowest BCUT2D eigenvalue weighted by Gasteiger charge is -2.05. The van der Waals surface area contributed by atoms with Crippen LogP contribution in [0, 0.1) is 11.3 Å². The third kappa shape index (κ3) is 6.16. The van der Waals surface area contributed by atoms with E-state index in [1.807, 2.05) is 0 Å². The lowest BCUT2D eigenvalue weighted by atomic mass is 10.2. The van der Waals surface area contributed by atoms with Crippen molar-refractivity contribution in [3.8, 4) is 6.07 Å². The number of hydrogen-bond donors (Lipinski definition) is 4. The zero-order chi connectivity index (χ0) is 17.5. The number of rotatable bonds is 7. The van der Waals surface area contributed by atoms with Crippen LogP contribution in [0.1, 0.15) is 6.42 Å². The fourth-order valence-corrected chi connectivity index (χ4v) is 1.96. The van der Waals surface area contributed by atoms with E-state index in [9.17, 15) is 18.0 Å². The predicted molar refractivity (Wildman–Crippen MR) is 78.8 cm³/mol. The minimum atomic E-state index is -4.37. The number of carboxylic acid groups (broad SMARTS) is 1. The highest BCUT2D eigenvalue weighted by molar-refractivity contribution is 7.85. The molecule has 0 radical (unpaired) electrons. The molecule has 0 heterocycles. The quantitative estimate of drug-likeness (QED) is 0.315. The molecule has 0 saturated heterocycles. The molecular formula is C13H13N3O6S. The third-order valence-corrected chi connectivity index (χ3v) is 3.35. The monoisotopic (exact) mass is 339 g/mol. The van der Waals surface area contributed by atoms with Gasteiger partial charge in [0.05, 0.1) is 11.3 Å². The molecule has 0 aromatic heterocycles. The van der Waals surface area contributed by atoms with Gasteiger partial charge < -0.3 is 15.7 Å². The summed E-state index contributed by atoms with van der Waals surface area (Å²) in [5.41, 5.74) is -0.0983. The van der Waals surface area contributed by atoms with Gasteiger partial charge in [-0.2, -0.15) is 13.7 Å². The van der Waals surface area contributed by atoms with Gasteiger partial charge in [-0.1, -0.05) is 6.07 Å². The van der Waals surface area contributed by atoms with Gasteiger partial charge in [-0.3, -0.25) is 14.1 Å². The van der Waals surface area contributed by atoms with Gasteiger partial charge in [0.15, 0.2) is 0 Å². The fourth-order valence-electron chi connectivity index (χ4n) is 1.43. The molecule has 1 aromatic carbocycles. The SMILES string of the molecule is N#C/C(=C/Nc1cccc(S(=O)(=O)O)c1)C(=O)NCCC(=O)O. The topological polar surface area (TPSA) is 157 Å². The van der Waals surface area contributed by atoms with Crippen molar-refractivity contribution in [3.05, 3.63) is 36.0 Å². The Morgan fingerprint density at radius 2 is 2.04 bits per heavy atom. The van der Waals surface area contributed by atoms with E-state index in [0.717, 1.165) is 12.3 Å². The van der Waals surface area contributed by atoms with Crippen LogP contribution in [0.5, 0.6) is 0 Å². The van der Waals surface area contributed by atoms with Crippen molar-refractivity contribution in [2.75, 3.05) is 11.9 Å². The number of carboxylic acids is 1. The van der Waals surface area contributed by atoms with Crippen molar-refractivity contribution in [1.82, 2.24) is 5.32 Å². The van der Waals surface area contributed by atoms with Gasteiger partial charge in [0.1, 0.15) is 11.6 Å². The molecule has 1 rings (SSSR count). The Morgan fingerprint density at radius 1 is 1.35 bits per heavy atom. The van der Waals surface area contributed by atoms with Crippen molar-refractivity contribution >= 4 is 27.7 Å². The molecule has 1 aromatic rings. The summed E-state index contributed by atoms with van der Waals surface area (Å²) in [7, 11) is -4.37. The minimum absolute atomic E-state index is 0.134. The molecule has 0 unspecified atom stereocenters. The van der Waals surface area contributed by atoms with Crippen molar-refractivity contribution in [3.63, 3.8) is 0 Å². The summed E-state index contributed by atoms with van der Waals surface area (Å²) in [6.45, 7) is -0.134. The smallest absolute Gasteiger partial charge is 0.305 e. The highest BCUT2D eigenvalue weighted by Gasteiger charge is 2.11. The number of nitriles is 1. The third-order valence-electron chi connectivity index (χ3n) is 2.50. The molecule has 0 spiro atoms. The van der Waals surface area contributed by atoms with E-state index in [2.05, 4.69) is 10.6 Å². The van der Waals surface area contributed by atoms with E-state index < -0.39 is 22.0 Å². The molecular weight excluding hydrogens is 326 g/mol. The number of aliphatic carboxylic acids is 1. The normalized spacial score (nSPS) is 11.4. The second-order valence-electron chi connectivity index (χ2n) is 4.22. The van der Waals surface area contributed by atoms with Crippen LogP contribution in [-0.4, -0.2) is 36.5 Å². The lowest BCUT2D eigenvalue weighted by molar-refractivity contribution is -0.136. The molecule has 0 aliphatic rings. The molecule has 0 fully saturated rings. The molecule has 10 heteroatoms. The van der Waals surface area contributed by atoms with Crippen LogP contribution in [0.2, 0.25) is 0 Å². The van der Waals surface area contributed by atoms with Crippen LogP contribution < -0.4 is 10.6 Å². The molecule has 0 atom stereocenters. The van der Waals surface area contributed by atoms with Gasteiger partial charge in [0.2, 0.25) is 0 Å². The molecule has 0 aliphatic carbocycles.